The molecule has 0 atom stereocenters. The van der Waals surface area contributed by atoms with Crippen molar-refractivity contribution in [2.75, 3.05) is 11.9 Å². The van der Waals surface area contributed by atoms with Gasteiger partial charge in [-0.1, -0.05) is 25.0 Å². The highest BCUT2D eigenvalue weighted by atomic mass is 16.5. The molecule has 2 heteroatoms. The van der Waals surface area contributed by atoms with Gasteiger partial charge in [-0.25, -0.2) is 0 Å². The first-order valence-corrected chi connectivity index (χ1v) is 6.75. The largest absolute Gasteiger partial charge is 0.489 e. The van der Waals surface area contributed by atoms with Gasteiger partial charge < -0.3 is 10.1 Å². The molecule has 0 heterocycles. The van der Waals surface area contributed by atoms with E-state index in [1.54, 1.807) is 0 Å². The van der Waals surface area contributed by atoms with Crippen molar-refractivity contribution in [2.24, 2.45) is 5.92 Å². The van der Waals surface area contributed by atoms with Crippen LogP contribution >= 0.6 is 0 Å². The van der Waals surface area contributed by atoms with E-state index in [-0.39, 0.29) is 6.10 Å². The van der Waals surface area contributed by atoms with Crippen LogP contribution in [-0.4, -0.2) is 12.6 Å². The Morgan fingerprint density at radius 1 is 1.24 bits per heavy atom. The van der Waals surface area contributed by atoms with Gasteiger partial charge in [0.2, 0.25) is 0 Å². The normalized spacial score (nSPS) is 16.4. The van der Waals surface area contributed by atoms with Crippen molar-refractivity contribution in [1.82, 2.24) is 0 Å². The Hall–Kier alpha value is -1.18. The molecule has 1 aliphatic carbocycles. The van der Waals surface area contributed by atoms with Gasteiger partial charge in [-0.05, 0) is 44.7 Å². The molecule has 0 saturated heterocycles. The maximum Gasteiger partial charge on any atom is 0.142 e. The van der Waals surface area contributed by atoms with E-state index in [2.05, 4.69) is 31.3 Å². The van der Waals surface area contributed by atoms with Crippen LogP contribution in [0.5, 0.6) is 5.75 Å². The third-order valence-electron chi connectivity index (χ3n) is 3.31. The van der Waals surface area contributed by atoms with E-state index >= 15 is 0 Å². The lowest BCUT2D eigenvalue weighted by atomic mass is 10.1. The summed E-state index contributed by atoms with van der Waals surface area (Å²) in [6.07, 6.45) is 5.78. The summed E-state index contributed by atoms with van der Waals surface area (Å²) < 4.78 is 5.80. The maximum absolute atomic E-state index is 5.80. The van der Waals surface area contributed by atoms with Gasteiger partial charge in [0.05, 0.1) is 11.8 Å². The molecule has 0 aromatic heterocycles. The van der Waals surface area contributed by atoms with Crippen LogP contribution in [0.3, 0.4) is 0 Å². The Morgan fingerprint density at radius 3 is 2.65 bits per heavy atom. The average molecular weight is 233 g/mol. The molecule has 94 valence electrons. The van der Waals surface area contributed by atoms with Crippen molar-refractivity contribution in [2.45, 2.75) is 45.6 Å². The molecule has 1 aromatic carbocycles. The first kappa shape index (κ1) is 12.3. The van der Waals surface area contributed by atoms with Crippen molar-refractivity contribution in [3.8, 4) is 5.75 Å². The zero-order valence-electron chi connectivity index (χ0n) is 10.9. The first-order chi connectivity index (χ1) is 8.25. The smallest absolute Gasteiger partial charge is 0.142 e. The Kier molecular flexibility index (Phi) is 4.29. The molecule has 17 heavy (non-hydrogen) atoms. The average Bonchev–Trinajstić information content (AvgIpc) is 2.80. The molecular weight excluding hydrogens is 210 g/mol. The molecule has 2 nitrogen and oxygen atoms in total. The summed E-state index contributed by atoms with van der Waals surface area (Å²) in [4.78, 5) is 0. The fraction of sp³-hybridized carbons (Fsp3) is 0.600. The molecule has 1 N–H and O–H groups in total. The summed E-state index contributed by atoms with van der Waals surface area (Å²) in [7, 11) is 0. The van der Waals surface area contributed by atoms with E-state index in [0.717, 1.165) is 23.9 Å². The number of ether oxygens (including phenoxy) is 1. The summed E-state index contributed by atoms with van der Waals surface area (Å²) in [5.74, 6) is 1.82. The molecule has 1 fully saturated rings. The highest BCUT2D eigenvalue weighted by molar-refractivity contribution is 5.56. The van der Waals surface area contributed by atoms with Crippen LogP contribution in [0.2, 0.25) is 0 Å². The van der Waals surface area contributed by atoms with Crippen LogP contribution in [0.15, 0.2) is 24.3 Å². The fourth-order valence-electron chi connectivity index (χ4n) is 2.44. The van der Waals surface area contributed by atoms with E-state index in [4.69, 9.17) is 4.74 Å². The molecule has 1 aromatic rings. The van der Waals surface area contributed by atoms with Gasteiger partial charge in [0.15, 0.2) is 0 Å². The summed E-state index contributed by atoms with van der Waals surface area (Å²) in [5.41, 5.74) is 1.13. The highest BCUT2D eigenvalue weighted by Gasteiger charge is 2.15. The van der Waals surface area contributed by atoms with Crippen LogP contribution in [0.4, 0.5) is 5.69 Å². The molecule has 0 amide bonds. The summed E-state index contributed by atoms with van der Waals surface area (Å²) in [6, 6.07) is 8.23. The number of anilines is 1. The van der Waals surface area contributed by atoms with Gasteiger partial charge in [0.25, 0.3) is 0 Å². The zero-order valence-corrected chi connectivity index (χ0v) is 10.9. The Labute approximate surface area is 104 Å². The number of benzene rings is 1. The van der Waals surface area contributed by atoms with Crippen LogP contribution in [0.1, 0.15) is 39.5 Å². The number of hydrogen-bond donors (Lipinski definition) is 1. The minimum absolute atomic E-state index is 0.226. The molecule has 0 unspecified atom stereocenters. The predicted octanol–water partition coefficient (Wildman–Crippen LogP) is 4.08. The number of nitrogens with one attached hydrogen (secondary N) is 1. The Morgan fingerprint density at radius 2 is 1.94 bits per heavy atom. The second-order valence-electron chi connectivity index (χ2n) is 5.19. The Bertz CT molecular complexity index is 343. The number of para-hydroxylation sites is 2. The molecule has 1 aliphatic rings. The second kappa shape index (κ2) is 5.95. The molecule has 1 saturated carbocycles. The van der Waals surface area contributed by atoms with Gasteiger partial charge in [0, 0.05) is 6.54 Å². The van der Waals surface area contributed by atoms with E-state index in [1.165, 1.54) is 25.7 Å². The van der Waals surface area contributed by atoms with Crippen LogP contribution in [0.25, 0.3) is 0 Å². The van der Waals surface area contributed by atoms with Gasteiger partial charge in [0.1, 0.15) is 5.75 Å². The van der Waals surface area contributed by atoms with Crippen molar-refractivity contribution >= 4 is 5.69 Å². The lowest BCUT2D eigenvalue weighted by Gasteiger charge is -2.17. The molecule has 2 rings (SSSR count). The zero-order chi connectivity index (χ0) is 12.1. The minimum atomic E-state index is 0.226. The van der Waals surface area contributed by atoms with Crippen LogP contribution in [-0.2, 0) is 0 Å². The van der Waals surface area contributed by atoms with Gasteiger partial charge in [-0.2, -0.15) is 0 Å². The number of rotatable bonds is 5. The van der Waals surface area contributed by atoms with Crippen molar-refractivity contribution in [1.29, 1.82) is 0 Å². The van der Waals surface area contributed by atoms with Crippen molar-refractivity contribution < 1.29 is 4.74 Å². The van der Waals surface area contributed by atoms with Gasteiger partial charge in [-0.3, -0.25) is 0 Å². The van der Waals surface area contributed by atoms with Crippen LogP contribution < -0.4 is 10.1 Å². The van der Waals surface area contributed by atoms with Gasteiger partial charge in [-0.15, -0.1) is 0 Å². The summed E-state index contributed by atoms with van der Waals surface area (Å²) in [6.45, 7) is 5.21. The molecular formula is C15H23NO. The van der Waals surface area contributed by atoms with Crippen molar-refractivity contribution in [3.05, 3.63) is 24.3 Å². The quantitative estimate of drug-likeness (QED) is 0.827. The Balaban J connectivity index is 1.94. The first-order valence-electron chi connectivity index (χ1n) is 6.75. The summed E-state index contributed by atoms with van der Waals surface area (Å²) >= 11 is 0. The fourth-order valence-corrected chi connectivity index (χ4v) is 2.44. The van der Waals surface area contributed by atoms with E-state index < -0.39 is 0 Å². The monoisotopic (exact) mass is 233 g/mol. The molecule has 0 bridgehead atoms. The van der Waals surface area contributed by atoms with E-state index in [9.17, 15) is 0 Å². The predicted molar refractivity (Wildman–Crippen MR) is 72.7 cm³/mol. The van der Waals surface area contributed by atoms with Crippen molar-refractivity contribution in [3.63, 3.8) is 0 Å². The van der Waals surface area contributed by atoms with Gasteiger partial charge >= 0.3 is 0 Å². The third-order valence-corrected chi connectivity index (χ3v) is 3.31. The standard InChI is InChI=1S/C15H23NO/c1-12(2)17-15-10-6-5-9-14(15)16-11-13-7-3-4-8-13/h5-6,9-10,12-13,16H,3-4,7-8,11H2,1-2H3. The SMILES string of the molecule is CC(C)Oc1ccccc1NCC1CCCC1. The molecule has 0 radical (unpaired) electrons. The lowest BCUT2D eigenvalue weighted by Crippen LogP contribution is -2.13. The third kappa shape index (κ3) is 3.65. The van der Waals surface area contributed by atoms with E-state index in [0.29, 0.717) is 0 Å². The van der Waals surface area contributed by atoms with E-state index in [1.807, 2.05) is 12.1 Å². The number of hydrogen-bond acceptors (Lipinski definition) is 2. The molecule has 0 aliphatic heterocycles. The topological polar surface area (TPSA) is 21.3 Å². The highest BCUT2D eigenvalue weighted by Crippen LogP contribution is 2.28. The second-order valence-corrected chi connectivity index (χ2v) is 5.19. The molecule has 0 spiro atoms. The summed E-state index contributed by atoms with van der Waals surface area (Å²) in [5, 5.41) is 3.54. The maximum atomic E-state index is 5.80. The minimum Gasteiger partial charge on any atom is -0.489 e. The van der Waals surface area contributed by atoms with Crippen LogP contribution in [0, 0.1) is 5.92 Å². The lowest BCUT2D eigenvalue weighted by molar-refractivity contribution is 0.243.